The lowest BCUT2D eigenvalue weighted by molar-refractivity contribution is 0.0118. The number of rotatable bonds is 2. The third-order valence-electron chi connectivity index (χ3n) is 4.78. The molecule has 1 fully saturated rings. The van der Waals surface area contributed by atoms with Crippen LogP contribution < -0.4 is 10.6 Å². The van der Waals surface area contributed by atoms with Crippen LogP contribution in [-0.2, 0) is 11.3 Å². The molecular formula is C16H21BrN6O. The molecule has 4 heterocycles. The van der Waals surface area contributed by atoms with Crippen molar-refractivity contribution >= 4 is 27.7 Å². The van der Waals surface area contributed by atoms with Gasteiger partial charge in [-0.3, -0.25) is 4.68 Å². The molecule has 7 nitrogen and oxygen atoms in total. The highest BCUT2D eigenvalue weighted by Gasteiger charge is 2.29. The van der Waals surface area contributed by atoms with E-state index in [0.29, 0.717) is 5.82 Å². The molecule has 2 aliphatic heterocycles. The Kier molecular flexibility index (Phi) is 4.17. The molecule has 0 amide bonds. The second-order valence-corrected chi connectivity index (χ2v) is 7.20. The average Bonchev–Trinajstić information content (AvgIpc) is 2.98. The normalized spacial score (nSPS) is 24.0. The number of ether oxygens (including phenoxy) is 1. The topological polar surface area (TPSA) is 82.1 Å². The summed E-state index contributed by atoms with van der Waals surface area (Å²) in [4.78, 5) is 11.6. The molecular weight excluding hydrogens is 372 g/mol. The van der Waals surface area contributed by atoms with Crippen molar-refractivity contribution in [2.24, 2.45) is 0 Å². The van der Waals surface area contributed by atoms with Gasteiger partial charge >= 0.3 is 0 Å². The Balaban J connectivity index is 1.64. The predicted octanol–water partition coefficient (Wildman–Crippen LogP) is 2.84. The van der Waals surface area contributed by atoms with Crippen molar-refractivity contribution in [2.45, 2.75) is 44.9 Å². The van der Waals surface area contributed by atoms with Crippen LogP contribution in [0.2, 0.25) is 0 Å². The Hall–Kier alpha value is -1.67. The van der Waals surface area contributed by atoms with Crippen LogP contribution in [0, 0.1) is 0 Å². The molecule has 0 saturated carbocycles. The van der Waals surface area contributed by atoms with Crippen LogP contribution in [0.4, 0.5) is 11.8 Å². The first-order valence-electron chi connectivity index (χ1n) is 8.37. The molecule has 0 aromatic carbocycles. The lowest BCUT2D eigenvalue weighted by atomic mass is 10.1. The monoisotopic (exact) mass is 392 g/mol. The molecule has 2 aromatic heterocycles. The van der Waals surface area contributed by atoms with E-state index >= 15 is 0 Å². The van der Waals surface area contributed by atoms with Crippen LogP contribution >= 0.6 is 15.9 Å². The molecule has 2 aliphatic rings. The largest absolute Gasteiger partial charge is 0.382 e. The molecule has 8 heteroatoms. The molecule has 1 saturated heterocycles. The Morgan fingerprint density at radius 2 is 2.21 bits per heavy atom. The van der Waals surface area contributed by atoms with Gasteiger partial charge in [-0.25, -0.2) is 9.97 Å². The van der Waals surface area contributed by atoms with Gasteiger partial charge in [-0.15, -0.1) is 0 Å². The predicted molar refractivity (Wildman–Crippen MR) is 94.7 cm³/mol. The van der Waals surface area contributed by atoms with Crippen LogP contribution in [0.5, 0.6) is 0 Å². The highest BCUT2D eigenvalue weighted by atomic mass is 79.9. The summed E-state index contributed by atoms with van der Waals surface area (Å²) in [7, 11) is 0. The fourth-order valence-corrected chi connectivity index (χ4v) is 3.93. The summed E-state index contributed by atoms with van der Waals surface area (Å²) in [6.07, 6.45) is 5.20. The summed E-state index contributed by atoms with van der Waals surface area (Å²) in [5.74, 6) is 1.30. The molecule has 2 unspecified atom stereocenters. The van der Waals surface area contributed by atoms with Gasteiger partial charge in [0.25, 0.3) is 0 Å². The molecule has 24 heavy (non-hydrogen) atoms. The molecule has 2 atom stereocenters. The molecule has 2 N–H and O–H groups in total. The minimum absolute atomic E-state index is 0.0520. The number of nitrogens with zero attached hydrogens (tertiary/aromatic N) is 5. The SMILES string of the molecule is CC1c2cc(N)nn2CCN1c1ncc(Br)c(C2CCCCO2)n1. The first-order valence-corrected chi connectivity index (χ1v) is 9.16. The van der Waals surface area contributed by atoms with Crippen LogP contribution in [-0.4, -0.2) is 32.9 Å². The van der Waals surface area contributed by atoms with E-state index in [1.54, 1.807) is 0 Å². The number of halogens is 1. The van der Waals surface area contributed by atoms with Gasteiger partial charge < -0.3 is 15.4 Å². The van der Waals surface area contributed by atoms with Crippen molar-refractivity contribution in [2.75, 3.05) is 23.8 Å². The van der Waals surface area contributed by atoms with Gasteiger partial charge in [0.15, 0.2) is 0 Å². The van der Waals surface area contributed by atoms with Crippen molar-refractivity contribution in [3.8, 4) is 0 Å². The number of aromatic nitrogens is 4. The van der Waals surface area contributed by atoms with E-state index < -0.39 is 0 Å². The third-order valence-corrected chi connectivity index (χ3v) is 5.39. The van der Waals surface area contributed by atoms with E-state index in [0.717, 1.165) is 54.3 Å². The number of nitrogens with two attached hydrogens (primary N) is 1. The van der Waals surface area contributed by atoms with Gasteiger partial charge in [-0.1, -0.05) is 0 Å². The Morgan fingerprint density at radius 1 is 1.33 bits per heavy atom. The third kappa shape index (κ3) is 2.77. The van der Waals surface area contributed by atoms with Gasteiger partial charge in [0.2, 0.25) is 5.95 Å². The number of nitrogen functional groups attached to an aromatic ring is 1. The molecule has 0 spiro atoms. The zero-order valence-electron chi connectivity index (χ0n) is 13.7. The van der Waals surface area contributed by atoms with E-state index in [1.807, 2.05) is 16.9 Å². The van der Waals surface area contributed by atoms with E-state index in [9.17, 15) is 0 Å². The maximum absolute atomic E-state index is 5.90. The minimum atomic E-state index is 0.0520. The number of hydrogen-bond acceptors (Lipinski definition) is 6. The quantitative estimate of drug-likeness (QED) is 0.845. The Labute approximate surface area is 149 Å². The standard InChI is InChI=1S/C16H21BrN6O/c1-10-12-8-14(18)21-23(12)6-5-22(10)16-19-9-11(17)15(20-16)13-4-2-3-7-24-13/h8-10,13H,2-7H2,1H3,(H2,18,21). The van der Waals surface area contributed by atoms with E-state index in [4.69, 9.17) is 15.5 Å². The zero-order chi connectivity index (χ0) is 16.7. The number of anilines is 2. The highest BCUT2D eigenvalue weighted by Crippen LogP contribution is 2.34. The lowest BCUT2D eigenvalue weighted by Crippen LogP contribution is -2.38. The Bertz CT molecular complexity index is 742. The van der Waals surface area contributed by atoms with Crippen molar-refractivity contribution < 1.29 is 4.74 Å². The average molecular weight is 393 g/mol. The van der Waals surface area contributed by atoms with Gasteiger partial charge in [0.1, 0.15) is 11.9 Å². The van der Waals surface area contributed by atoms with E-state index in [2.05, 4.69) is 37.8 Å². The molecule has 0 bridgehead atoms. The van der Waals surface area contributed by atoms with Crippen molar-refractivity contribution in [1.29, 1.82) is 0 Å². The van der Waals surface area contributed by atoms with Gasteiger partial charge in [-0.2, -0.15) is 5.10 Å². The summed E-state index contributed by atoms with van der Waals surface area (Å²) >= 11 is 3.58. The zero-order valence-corrected chi connectivity index (χ0v) is 15.2. The summed E-state index contributed by atoms with van der Waals surface area (Å²) in [5, 5.41) is 4.33. The molecule has 2 aromatic rings. The van der Waals surface area contributed by atoms with Gasteiger partial charge in [0.05, 0.1) is 28.4 Å². The Morgan fingerprint density at radius 3 is 3.00 bits per heavy atom. The first kappa shape index (κ1) is 15.8. The van der Waals surface area contributed by atoms with Gasteiger partial charge in [-0.05, 0) is 42.1 Å². The van der Waals surface area contributed by atoms with Crippen LogP contribution in [0.25, 0.3) is 0 Å². The summed E-state index contributed by atoms with van der Waals surface area (Å²) < 4.78 is 8.79. The van der Waals surface area contributed by atoms with E-state index in [1.165, 1.54) is 6.42 Å². The first-order chi connectivity index (χ1) is 11.6. The summed E-state index contributed by atoms with van der Waals surface area (Å²) in [6, 6.07) is 2.06. The molecule has 4 rings (SSSR count). The maximum atomic E-state index is 5.90. The fourth-order valence-electron chi connectivity index (χ4n) is 3.49. The molecule has 0 aliphatic carbocycles. The van der Waals surface area contributed by atoms with Crippen LogP contribution in [0.1, 0.15) is 49.7 Å². The molecule has 128 valence electrons. The van der Waals surface area contributed by atoms with Gasteiger partial charge in [0, 0.05) is 25.4 Å². The second kappa shape index (κ2) is 6.33. The number of hydrogen-bond donors (Lipinski definition) is 1. The summed E-state index contributed by atoms with van der Waals surface area (Å²) in [6.45, 7) is 4.52. The lowest BCUT2D eigenvalue weighted by Gasteiger charge is -2.34. The highest BCUT2D eigenvalue weighted by molar-refractivity contribution is 9.10. The number of fused-ring (bicyclic) bond motifs is 1. The van der Waals surface area contributed by atoms with Crippen molar-refractivity contribution in [1.82, 2.24) is 19.7 Å². The van der Waals surface area contributed by atoms with Crippen LogP contribution in [0.15, 0.2) is 16.7 Å². The minimum Gasteiger partial charge on any atom is -0.382 e. The van der Waals surface area contributed by atoms with Crippen molar-refractivity contribution in [3.63, 3.8) is 0 Å². The van der Waals surface area contributed by atoms with E-state index in [-0.39, 0.29) is 12.1 Å². The maximum Gasteiger partial charge on any atom is 0.226 e. The van der Waals surface area contributed by atoms with Crippen LogP contribution in [0.3, 0.4) is 0 Å². The smallest absolute Gasteiger partial charge is 0.226 e. The fraction of sp³-hybridized carbons (Fsp3) is 0.562. The second-order valence-electron chi connectivity index (χ2n) is 6.34. The van der Waals surface area contributed by atoms with Crippen molar-refractivity contribution in [3.05, 3.63) is 28.1 Å². The summed E-state index contributed by atoms with van der Waals surface area (Å²) in [5.41, 5.74) is 7.89. The molecule has 0 radical (unpaired) electrons.